The average Bonchev–Trinajstić information content (AvgIpc) is 3.64. The number of phosphoric ester groups is 3. The number of aliphatic hydroxyl groups excluding tert-OH is 2. The molecular weight excluding hydrogens is 819 g/mol. The molecule has 24 nitrogen and oxygen atoms in total. The van der Waals surface area contributed by atoms with E-state index < -0.39 is 84.6 Å². The molecule has 0 aliphatic carbocycles. The number of phosphoric acid groups is 3. The van der Waals surface area contributed by atoms with Crippen LogP contribution in [0.4, 0.5) is 5.82 Å². The molecule has 8 atom stereocenters. The fourth-order valence-corrected chi connectivity index (χ4v) is 8.61. The molecule has 1 fully saturated rings. The second kappa shape index (κ2) is 19.8. The molecule has 3 heterocycles. The van der Waals surface area contributed by atoms with E-state index in [0.29, 0.717) is 5.75 Å². The minimum Gasteiger partial charge on any atom is -0.386 e. The summed E-state index contributed by atoms with van der Waals surface area (Å²) in [7, 11) is -16.4. The number of amides is 2. The summed E-state index contributed by atoms with van der Waals surface area (Å²) in [5.74, 6) is -1.14. The SMILES string of the molecule is CCCC(C)C(=O)SCCNC(=O)CCNC(=O)C(O)C(C)(C)COP(=O)(O)OP(=O)(O)OC[C@H]1O[C@@H](n2cnc3c(N)ncnc32)[C@H](O)[C@@H]1OP(=O)(O)O. The average molecular weight is 866 g/mol. The summed E-state index contributed by atoms with van der Waals surface area (Å²) in [6.07, 6.45) is -5.23. The summed E-state index contributed by atoms with van der Waals surface area (Å²) in [6, 6.07) is 0. The van der Waals surface area contributed by atoms with Gasteiger partial charge in [0.05, 0.1) is 19.5 Å². The minimum absolute atomic E-state index is 0.0316. The maximum Gasteiger partial charge on any atom is 0.481 e. The predicted octanol–water partition coefficient (Wildman–Crippen LogP) is 0.101. The van der Waals surface area contributed by atoms with Crippen LogP contribution in [0.1, 0.15) is 53.2 Å². The lowest BCUT2D eigenvalue weighted by atomic mass is 9.87. The van der Waals surface area contributed by atoms with Crippen molar-refractivity contribution in [2.45, 2.75) is 77.6 Å². The first-order valence-corrected chi connectivity index (χ1v) is 22.0. The molecule has 312 valence electrons. The van der Waals surface area contributed by atoms with Gasteiger partial charge in [0, 0.05) is 36.6 Å². The van der Waals surface area contributed by atoms with E-state index in [-0.39, 0.29) is 47.5 Å². The van der Waals surface area contributed by atoms with Gasteiger partial charge in [0.25, 0.3) is 0 Å². The molecule has 0 saturated carbocycles. The first-order valence-electron chi connectivity index (χ1n) is 16.5. The van der Waals surface area contributed by atoms with Gasteiger partial charge in [-0.1, -0.05) is 45.9 Å². The number of rotatable bonds is 22. The Morgan fingerprint density at radius 2 is 1.75 bits per heavy atom. The first-order chi connectivity index (χ1) is 25.5. The summed E-state index contributed by atoms with van der Waals surface area (Å²) in [6.45, 7) is 4.36. The predicted molar refractivity (Wildman–Crippen MR) is 191 cm³/mol. The van der Waals surface area contributed by atoms with Crippen LogP contribution < -0.4 is 16.4 Å². The lowest BCUT2D eigenvalue weighted by Gasteiger charge is -2.30. The number of hydrogen-bond donors (Lipinski definition) is 9. The van der Waals surface area contributed by atoms with E-state index in [1.165, 1.54) is 13.8 Å². The number of carbonyl (C=O) groups is 3. The third-order valence-corrected chi connectivity index (χ3v) is 12.1. The number of nitrogens with one attached hydrogen (secondary N) is 2. The highest BCUT2D eigenvalue weighted by Gasteiger charge is 2.50. The molecule has 0 aromatic carbocycles. The van der Waals surface area contributed by atoms with Gasteiger partial charge in [0.2, 0.25) is 11.8 Å². The number of anilines is 1. The Morgan fingerprint density at radius 1 is 1.07 bits per heavy atom. The zero-order chi connectivity index (χ0) is 41.4. The Balaban J connectivity index is 1.50. The molecule has 1 aliphatic rings. The smallest absolute Gasteiger partial charge is 0.386 e. The van der Waals surface area contributed by atoms with Crippen LogP contribution in [0.15, 0.2) is 12.7 Å². The lowest BCUT2D eigenvalue weighted by molar-refractivity contribution is -0.137. The van der Waals surface area contributed by atoms with Gasteiger partial charge in [-0.05, 0) is 6.42 Å². The van der Waals surface area contributed by atoms with Crippen LogP contribution in [0.3, 0.4) is 0 Å². The van der Waals surface area contributed by atoms with E-state index in [2.05, 4.69) is 34.4 Å². The van der Waals surface area contributed by atoms with Crippen molar-refractivity contribution in [3.8, 4) is 0 Å². The van der Waals surface area contributed by atoms with Crippen molar-refractivity contribution in [1.82, 2.24) is 30.2 Å². The Labute approximate surface area is 318 Å². The molecule has 0 bridgehead atoms. The maximum atomic E-state index is 12.7. The third-order valence-electron chi connectivity index (χ3n) is 7.87. The van der Waals surface area contributed by atoms with Crippen LogP contribution in [0.25, 0.3) is 11.2 Å². The second-order valence-electron chi connectivity index (χ2n) is 12.9. The van der Waals surface area contributed by atoms with Crippen LogP contribution in [0.5, 0.6) is 0 Å². The minimum atomic E-state index is -5.56. The van der Waals surface area contributed by atoms with Crippen LogP contribution in [0, 0.1) is 11.3 Å². The number of aromatic nitrogens is 4. The van der Waals surface area contributed by atoms with E-state index in [9.17, 15) is 57.9 Å². The van der Waals surface area contributed by atoms with E-state index in [0.717, 1.165) is 41.8 Å². The van der Waals surface area contributed by atoms with E-state index in [4.69, 9.17) is 19.5 Å². The Hall–Kier alpha value is -2.44. The molecular formula is C27H46N7O17P3S. The highest BCUT2D eigenvalue weighted by Crippen LogP contribution is 2.61. The topological polar surface area (TPSA) is 364 Å². The highest BCUT2D eigenvalue weighted by molar-refractivity contribution is 8.13. The van der Waals surface area contributed by atoms with Crippen LogP contribution in [0.2, 0.25) is 0 Å². The summed E-state index contributed by atoms with van der Waals surface area (Å²) in [4.78, 5) is 87.5. The van der Waals surface area contributed by atoms with Crippen LogP contribution in [-0.4, -0.2) is 123 Å². The van der Waals surface area contributed by atoms with Crippen molar-refractivity contribution >= 4 is 69.1 Å². The van der Waals surface area contributed by atoms with Gasteiger partial charge in [-0.25, -0.2) is 28.6 Å². The molecule has 4 unspecified atom stereocenters. The van der Waals surface area contributed by atoms with Gasteiger partial charge in [0.15, 0.2) is 22.8 Å². The number of nitrogen functional groups attached to an aromatic ring is 1. The number of imidazole rings is 1. The molecule has 1 saturated heterocycles. The summed E-state index contributed by atoms with van der Waals surface area (Å²) in [5, 5.41) is 26.4. The third kappa shape index (κ3) is 14.2. The summed E-state index contributed by atoms with van der Waals surface area (Å²) in [5.41, 5.74) is 4.27. The molecule has 1 aliphatic heterocycles. The van der Waals surface area contributed by atoms with Crippen molar-refractivity contribution < 1.29 is 80.5 Å². The van der Waals surface area contributed by atoms with Crippen molar-refractivity contribution in [2.75, 3.05) is 37.8 Å². The quantitative estimate of drug-likeness (QED) is 0.0560. The number of ether oxygens (including phenoxy) is 1. The molecule has 10 N–H and O–H groups in total. The Bertz CT molecular complexity index is 1800. The summed E-state index contributed by atoms with van der Waals surface area (Å²) < 4.78 is 62.1. The Kier molecular flexibility index (Phi) is 16.9. The molecule has 0 radical (unpaired) electrons. The molecule has 2 amide bonds. The highest BCUT2D eigenvalue weighted by atomic mass is 32.2. The van der Waals surface area contributed by atoms with E-state index >= 15 is 0 Å². The number of aliphatic hydroxyl groups is 2. The van der Waals surface area contributed by atoms with E-state index in [1.54, 1.807) is 0 Å². The van der Waals surface area contributed by atoms with Gasteiger partial charge in [0.1, 0.15) is 36.3 Å². The number of fused-ring (bicyclic) bond motifs is 1. The largest absolute Gasteiger partial charge is 0.481 e. The number of nitrogens with two attached hydrogens (primary N) is 1. The van der Waals surface area contributed by atoms with Gasteiger partial charge in [-0.2, -0.15) is 4.31 Å². The molecule has 55 heavy (non-hydrogen) atoms. The molecule has 3 rings (SSSR count). The van der Waals surface area contributed by atoms with Crippen molar-refractivity contribution in [3.63, 3.8) is 0 Å². The number of nitrogens with zero attached hydrogens (tertiary/aromatic N) is 4. The van der Waals surface area contributed by atoms with Crippen molar-refractivity contribution in [1.29, 1.82) is 0 Å². The van der Waals surface area contributed by atoms with Crippen LogP contribution in [-0.2, 0) is 50.7 Å². The van der Waals surface area contributed by atoms with Gasteiger partial charge in [-0.3, -0.25) is 32.5 Å². The van der Waals surface area contributed by atoms with E-state index in [1.807, 2.05) is 13.8 Å². The molecule has 2 aromatic rings. The van der Waals surface area contributed by atoms with Crippen molar-refractivity contribution in [3.05, 3.63) is 12.7 Å². The molecule has 2 aromatic heterocycles. The zero-order valence-electron chi connectivity index (χ0n) is 30.1. The molecule has 0 spiro atoms. The number of carbonyl (C=O) groups excluding carboxylic acids is 3. The molecule has 28 heteroatoms. The van der Waals surface area contributed by atoms with Crippen molar-refractivity contribution in [2.24, 2.45) is 11.3 Å². The maximum absolute atomic E-state index is 12.7. The normalized spacial score (nSPS) is 22.4. The number of hydrogen-bond acceptors (Lipinski definition) is 18. The monoisotopic (exact) mass is 865 g/mol. The van der Waals surface area contributed by atoms with Gasteiger partial charge in [-0.15, -0.1) is 0 Å². The van der Waals surface area contributed by atoms with Gasteiger partial charge >= 0.3 is 23.5 Å². The fourth-order valence-electron chi connectivity index (χ4n) is 4.97. The van der Waals surface area contributed by atoms with Gasteiger partial charge < -0.3 is 50.9 Å². The standard InChI is InChI=1S/C27H46N7O17P3S/c1-5-6-15(2)26(39)55-10-9-29-17(35)7-8-30-24(38)21(37)27(3,4)12-48-54(45,46)51-53(43,44)47-11-16-20(50-52(40,41)42)19(36)25(49-16)34-14-33-18-22(28)31-13-32-23(18)34/h13-16,19-21,25,36-37H,5-12H2,1-4H3,(H,29,35)(H,30,38)(H,43,44)(H,45,46)(H2,28,31,32)(H2,40,41,42)/t15?,16-,19-,20-,21?,25-/m1/s1. The fraction of sp³-hybridized carbons (Fsp3) is 0.704. The Morgan fingerprint density at radius 3 is 2.40 bits per heavy atom. The number of thioether (sulfide) groups is 1. The lowest BCUT2D eigenvalue weighted by Crippen LogP contribution is -2.46. The van der Waals surface area contributed by atoms with Crippen LogP contribution >= 0.6 is 35.2 Å². The second-order valence-corrected chi connectivity index (χ2v) is 18.3. The summed E-state index contributed by atoms with van der Waals surface area (Å²) >= 11 is 1.12. The first kappa shape index (κ1) is 46.9. The zero-order valence-corrected chi connectivity index (χ0v) is 33.6.